The standard InChI is InChI=1S/C19H23N3O2/c1-14(19(24)22(3)13-15-8-5-4-6-9-15)21-17-11-7-10-16(12-17)18(23)20-2/h4-12,14,21H,13H2,1-3H3,(H,20,23)/t14-/m1/s1. The van der Waals surface area contributed by atoms with E-state index in [1.807, 2.05) is 43.3 Å². The molecule has 1 atom stereocenters. The van der Waals surface area contributed by atoms with E-state index in [-0.39, 0.29) is 11.8 Å². The van der Waals surface area contributed by atoms with Crippen LogP contribution in [0.25, 0.3) is 0 Å². The lowest BCUT2D eigenvalue weighted by molar-refractivity contribution is -0.130. The van der Waals surface area contributed by atoms with Gasteiger partial charge >= 0.3 is 0 Å². The number of amides is 2. The third kappa shape index (κ3) is 4.59. The van der Waals surface area contributed by atoms with Crippen molar-refractivity contribution < 1.29 is 9.59 Å². The van der Waals surface area contributed by atoms with Crippen molar-refractivity contribution in [3.8, 4) is 0 Å². The van der Waals surface area contributed by atoms with E-state index in [0.717, 1.165) is 11.3 Å². The maximum atomic E-state index is 12.5. The number of likely N-dealkylation sites (N-methyl/N-ethyl adjacent to an activating group) is 1. The summed E-state index contributed by atoms with van der Waals surface area (Å²) in [5.41, 5.74) is 2.38. The molecule has 5 heteroatoms. The van der Waals surface area contributed by atoms with E-state index in [1.54, 1.807) is 37.2 Å². The highest BCUT2D eigenvalue weighted by atomic mass is 16.2. The van der Waals surface area contributed by atoms with Crippen LogP contribution in [-0.4, -0.2) is 36.9 Å². The molecule has 126 valence electrons. The summed E-state index contributed by atoms with van der Waals surface area (Å²) in [7, 11) is 3.38. The molecule has 0 unspecified atom stereocenters. The summed E-state index contributed by atoms with van der Waals surface area (Å²) in [6, 6.07) is 16.6. The molecule has 0 heterocycles. The molecule has 2 aromatic rings. The van der Waals surface area contributed by atoms with Gasteiger partial charge in [0.2, 0.25) is 5.91 Å². The zero-order valence-corrected chi connectivity index (χ0v) is 14.2. The van der Waals surface area contributed by atoms with Crippen molar-refractivity contribution in [2.75, 3.05) is 19.4 Å². The van der Waals surface area contributed by atoms with Crippen molar-refractivity contribution >= 4 is 17.5 Å². The molecule has 0 radical (unpaired) electrons. The Balaban J connectivity index is 1.99. The monoisotopic (exact) mass is 325 g/mol. The first kappa shape index (κ1) is 17.5. The van der Waals surface area contributed by atoms with E-state index in [4.69, 9.17) is 0 Å². The van der Waals surface area contributed by atoms with Crippen LogP contribution in [0.1, 0.15) is 22.8 Å². The third-order valence-corrected chi connectivity index (χ3v) is 3.74. The van der Waals surface area contributed by atoms with Gasteiger partial charge in [-0.3, -0.25) is 9.59 Å². The van der Waals surface area contributed by atoms with Gasteiger partial charge in [0.05, 0.1) is 0 Å². The van der Waals surface area contributed by atoms with Crippen LogP contribution in [0.3, 0.4) is 0 Å². The van der Waals surface area contributed by atoms with Crippen LogP contribution in [0.4, 0.5) is 5.69 Å². The largest absolute Gasteiger partial charge is 0.374 e. The Morgan fingerprint density at radius 1 is 1.08 bits per heavy atom. The normalized spacial score (nSPS) is 11.5. The van der Waals surface area contributed by atoms with E-state index in [0.29, 0.717) is 12.1 Å². The zero-order chi connectivity index (χ0) is 17.5. The predicted molar refractivity (Wildman–Crippen MR) is 95.8 cm³/mol. The maximum Gasteiger partial charge on any atom is 0.251 e. The molecule has 24 heavy (non-hydrogen) atoms. The lowest BCUT2D eigenvalue weighted by Crippen LogP contribution is -2.38. The van der Waals surface area contributed by atoms with Gasteiger partial charge in [-0.1, -0.05) is 36.4 Å². The molecular formula is C19H23N3O2. The summed E-state index contributed by atoms with van der Waals surface area (Å²) in [5, 5.41) is 5.74. The molecule has 0 fully saturated rings. The second-order valence-corrected chi connectivity index (χ2v) is 5.71. The van der Waals surface area contributed by atoms with Crippen LogP contribution >= 0.6 is 0 Å². The van der Waals surface area contributed by atoms with E-state index in [2.05, 4.69) is 10.6 Å². The Morgan fingerprint density at radius 3 is 2.46 bits per heavy atom. The second-order valence-electron chi connectivity index (χ2n) is 5.71. The quantitative estimate of drug-likeness (QED) is 0.858. The molecule has 0 saturated carbocycles. The highest BCUT2D eigenvalue weighted by Gasteiger charge is 2.17. The summed E-state index contributed by atoms with van der Waals surface area (Å²) in [4.78, 5) is 25.9. The summed E-state index contributed by atoms with van der Waals surface area (Å²) in [6.07, 6.45) is 0. The number of carbonyl (C=O) groups is 2. The lowest BCUT2D eigenvalue weighted by atomic mass is 10.1. The summed E-state index contributed by atoms with van der Waals surface area (Å²) < 4.78 is 0. The highest BCUT2D eigenvalue weighted by Crippen LogP contribution is 2.13. The molecule has 0 aliphatic carbocycles. The minimum Gasteiger partial charge on any atom is -0.374 e. The maximum absolute atomic E-state index is 12.5. The second kappa shape index (κ2) is 8.15. The molecule has 0 aliphatic heterocycles. The van der Waals surface area contributed by atoms with Crippen molar-refractivity contribution in [2.24, 2.45) is 0 Å². The smallest absolute Gasteiger partial charge is 0.251 e. The van der Waals surface area contributed by atoms with Crippen molar-refractivity contribution in [3.05, 3.63) is 65.7 Å². The van der Waals surface area contributed by atoms with Crippen LogP contribution in [0.5, 0.6) is 0 Å². The first-order chi connectivity index (χ1) is 11.5. The Hall–Kier alpha value is -2.82. The third-order valence-electron chi connectivity index (χ3n) is 3.74. The van der Waals surface area contributed by atoms with Crippen LogP contribution in [0.15, 0.2) is 54.6 Å². The average Bonchev–Trinajstić information content (AvgIpc) is 2.61. The number of nitrogens with one attached hydrogen (secondary N) is 2. The van der Waals surface area contributed by atoms with Crippen molar-refractivity contribution in [1.29, 1.82) is 0 Å². The van der Waals surface area contributed by atoms with Gasteiger partial charge in [0.15, 0.2) is 0 Å². The van der Waals surface area contributed by atoms with E-state index >= 15 is 0 Å². The molecular weight excluding hydrogens is 302 g/mol. The van der Waals surface area contributed by atoms with E-state index in [9.17, 15) is 9.59 Å². The average molecular weight is 325 g/mol. The number of rotatable bonds is 6. The lowest BCUT2D eigenvalue weighted by Gasteiger charge is -2.23. The topological polar surface area (TPSA) is 61.4 Å². The van der Waals surface area contributed by atoms with E-state index < -0.39 is 6.04 Å². The predicted octanol–water partition coefficient (Wildman–Crippen LogP) is 2.51. The van der Waals surface area contributed by atoms with Crippen molar-refractivity contribution in [3.63, 3.8) is 0 Å². The molecule has 2 rings (SSSR count). The first-order valence-corrected chi connectivity index (χ1v) is 7.89. The van der Waals surface area contributed by atoms with Crippen LogP contribution in [-0.2, 0) is 11.3 Å². The number of hydrogen-bond acceptors (Lipinski definition) is 3. The summed E-state index contributed by atoms with van der Waals surface area (Å²) >= 11 is 0. The summed E-state index contributed by atoms with van der Waals surface area (Å²) in [5.74, 6) is -0.164. The first-order valence-electron chi connectivity index (χ1n) is 7.89. The fourth-order valence-electron chi connectivity index (χ4n) is 2.47. The fraction of sp³-hybridized carbons (Fsp3) is 0.263. The van der Waals surface area contributed by atoms with Crippen LogP contribution in [0.2, 0.25) is 0 Å². The number of hydrogen-bond donors (Lipinski definition) is 2. The number of benzene rings is 2. The van der Waals surface area contributed by atoms with Crippen LogP contribution in [0, 0.1) is 0 Å². The molecule has 0 aliphatic rings. The molecule has 0 aromatic heterocycles. The molecule has 0 bridgehead atoms. The number of carbonyl (C=O) groups excluding carboxylic acids is 2. The molecule has 2 N–H and O–H groups in total. The highest BCUT2D eigenvalue weighted by molar-refractivity contribution is 5.95. The van der Waals surface area contributed by atoms with E-state index in [1.165, 1.54) is 0 Å². The van der Waals surface area contributed by atoms with Gasteiger partial charge in [-0.25, -0.2) is 0 Å². The molecule has 0 saturated heterocycles. The zero-order valence-electron chi connectivity index (χ0n) is 14.2. The fourth-order valence-corrected chi connectivity index (χ4v) is 2.47. The molecule has 2 aromatic carbocycles. The Morgan fingerprint density at radius 2 is 1.79 bits per heavy atom. The van der Waals surface area contributed by atoms with Gasteiger partial charge in [-0.2, -0.15) is 0 Å². The Labute approximate surface area is 142 Å². The van der Waals surface area contributed by atoms with Gasteiger partial charge in [-0.15, -0.1) is 0 Å². The van der Waals surface area contributed by atoms with Crippen LogP contribution < -0.4 is 10.6 Å². The van der Waals surface area contributed by atoms with Gasteiger partial charge in [0.25, 0.3) is 5.91 Å². The molecule has 5 nitrogen and oxygen atoms in total. The minimum absolute atomic E-state index is 0.0100. The summed E-state index contributed by atoms with van der Waals surface area (Å²) in [6.45, 7) is 2.38. The molecule has 0 spiro atoms. The molecule has 2 amide bonds. The Bertz CT molecular complexity index is 701. The van der Waals surface area contributed by atoms with Gasteiger partial charge in [-0.05, 0) is 30.7 Å². The van der Waals surface area contributed by atoms with Gasteiger partial charge < -0.3 is 15.5 Å². The Kier molecular flexibility index (Phi) is 5.95. The van der Waals surface area contributed by atoms with Crippen molar-refractivity contribution in [2.45, 2.75) is 19.5 Å². The SMILES string of the molecule is CNC(=O)c1cccc(N[C@H](C)C(=O)N(C)Cc2ccccc2)c1. The van der Waals surface area contributed by atoms with Gasteiger partial charge in [0, 0.05) is 31.9 Å². The number of nitrogens with zero attached hydrogens (tertiary/aromatic N) is 1. The van der Waals surface area contributed by atoms with Crippen molar-refractivity contribution in [1.82, 2.24) is 10.2 Å². The minimum atomic E-state index is -0.390. The number of anilines is 1. The van der Waals surface area contributed by atoms with Gasteiger partial charge in [0.1, 0.15) is 6.04 Å².